The number of rotatable bonds is 4. The first-order valence-corrected chi connectivity index (χ1v) is 8.03. The standard InChI is InChI=1S/C17H22N2O3.ClH/c20-16(18-13-7-5-12(6-8-13)17(21)22)14-11-15(14)19-9-3-1-2-4-10-19;/h5-8,14-15H,1-4,9-11H2,(H,18,20)(H,21,22);1H. The van der Waals surface area contributed by atoms with Crippen LogP contribution in [0, 0.1) is 5.92 Å². The zero-order valence-corrected chi connectivity index (χ0v) is 13.8. The molecule has 0 aromatic heterocycles. The van der Waals surface area contributed by atoms with E-state index in [1.807, 2.05) is 0 Å². The van der Waals surface area contributed by atoms with Crippen molar-refractivity contribution in [2.45, 2.75) is 38.1 Å². The molecule has 1 heterocycles. The second kappa shape index (κ2) is 7.79. The van der Waals surface area contributed by atoms with Crippen LogP contribution < -0.4 is 5.32 Å². The topological polar surface area (TPSA) is 69.6 Å². The molecule has 5 nitrogen and oxygen atoms in total. The van der Waals surface area contributed by atoms with Crippen molar-refractivity contribution in [3.63, 3.8) is 0 Å². The van der Waals surface area contributed by atoms with Gasteiger partial charge >= 0.3 is 5.97 Å². The molecule has 2 aliphatic rings. The third kappa shape index (κ3) is 4.45. The van der Waals surface area contributed by atoms with Gasteiger partial charge in [-0.3, -0.25) is 9.69 Å². The van der Waals surface area contributed by atoms with Gasteiger partial charge in [-0.05, 0) is 56.6 Å². The molecule has 1 aromatic rings. The summed E-state index contributed by atoms with van der Waals surface area (Å²) in [7, 11) is 0. The van der Waals surface area contributed by atoms with Gasteiger partial charge < -0.3 is 10.4 Å². The van der Waals surface area contributed by atoms with Crippen molar-refractivity contribution in [2.24, 2.45) is 5.92 Å². The van der Waals surface area contributed by atoms with E-state index in [1.165, 1.54) is 37.8 Å². The predicted octanol–water partition coefficient (Wildman–Crippen LogP) is 3.01. The average Bonchev–Trinajstić information content (AvgIpc) is 3.31. The van der Waals surface area contributed by atoms with Gasteiger partial charge in [-0.15, -0.1) is 12.4 Å². The van der Waals surface area contributed by atoms with Crippen LogP contribution in [0.2, 0.25) is 0 Å². The predicted molar refractivity (Wildman–Crippen MR) is 91.2 cm³/mol. The third-order valence-corrected chi connectivity index (χ3v) is 4.60. The number of carboxylic acid groups (broad SMARTS) is 1. The van der Waals surface area contributed by atoms with Crippen LogP contribution >= 0.6 is 12.4 Å². The summed E-state index contributed by atoms with van der Waals surface area (Å²) in [4.78, 5) is 25.5. The average molecular weight is 339 g/mol. The van der Waals surface area contributed by atoms with E-state index in [2.05, 4.69) is 10.2 Å². The number of benzene rings is 1. The summed E-state index contributed by atoms with van der Waals surface area (Å²) in [5.41, 5.74) is 0.892. The highest BCUT2D eigenvalue weighted by molar-refractivity contribution is 5.95. The summed E-state index contributed by atoms with van der Waals surface area (Å²) in [5.74, 6) is -0.823. The van der Waals surface area contributed by atoms with E-state index in [0.29, 0.717) is 11.7 Å². The Morgan fingerprint density at radius 3 is 2.22 bits per heavy atom. The third-order valence-electron chi connectivity index (χ3n) is 4.60. The van der Waals surface area contributed by atoms with Gasteiger partial charge in [0.15, 0.2) is 0 Å². The summed E-state index contributed by atoms with van der Waals surface area (Å²) in [6.45, 7) is 2.23. The lowest BCUT2D eigenvalue weighted by Gasteiger charge is -2.19. The fourth-order valence-corrected chi connectivity index (χ4v) is 3.22. The minimum atomic E-state index is -0.957. The zero-order chi connectivity index (χ0) is 15.5. The second-order valence-corrected chi connectivity index (χ2v) is 6.23. The molecular formula is C17H23ClN2O3. The molecule has 1 aliphatic carbocycles. The molecule has 1 aliphatic heterocycles. The van der Waals surface area contributed by atoms with Gasteiger partial charge in [0, 0.05) is 11.7 Å². The van der Waals surface area contributed by atoms with Crippen molar-refractivity contribution in [1.29, 1.82) is 0 Å². The monoisotopic (exact) mass is 338 g/mol. The van der Waals surface area contributed by atoms with E-state index in [9.17, 15) is 9.59 Å². The van der Waals surface area contributed by atoms with Crippen molar-refractivity contribution in [3.8, 4) is 0 Å². The first-order valence-electron chi connectivity index (χ1n) is 8.03. The van der Waals surface area contributed by atoms with E-state index in [4.69, 9.17) is 5.11 Å². The van der Waals surface area contributed by atoms with Crippen molar-refractivity contribution < 1.29 is 14.7 Å². The Morgan fingerprint density at radius 2 is 1.65 bits per heavy atom. The molecule has 2 atom stereocenters. The van der Waals surface area contributed by atoms with Crippen LogP contribution in [-0.2, 0) is 4.79 Å². The van der Waals surface area contributed by atoms with Crippen molar-refractivity contribution in [3.05, 3.63) is 29.8 Å². The number of anilines is 1. The molecule has 2 fully saturated rings. The van der Waals surface area contributed by atoms with Crippen LogP contribution in [0.25, 0.3) is 0 Å². The van der Waals surface area contributed by atoms with E-state index < -0.39 is 5.97 Å². The minimum Gasteiger partial charge on any atom is -0.478 e. The number of nitrogens with one attached hydrogen (secondary N) is 1. The number of carboxylic acids is 1. The molecule has 126 valence electrons. The summed E-state index contributed by atoms with van der Waals surface area (Å²) < 4.78 is 0. The fraction of sp³-hybridized carbons (Fsp3) is 0.529. The molecule has 6 heteroatoms. The maximum absolute atomic E-state index is 12.3. The highest BCUT2D eigenvalue weighted by Crippen LogP contribution is 2.37. The number of nitrogens with zero attached hydrogens (tertiary/aromatic N) is 1. The molecule has 1 amide bonds. The molecule has 0 bridgehead atoms. The van der Waals surface area contributed by atoms with E-state index >= 15 is 0 Å². The molecule has 23 heavy (non-hydrogen) atoms. The van der Waals surface area contributed by atoms with Crippen molar-refractivity contribution >= 4 is 30.0 Å². The van der Waals surface area contributed by atoms with Crippen LogP contribution in [-0.4, -0.2) is 41.0 Å². The molecule has 0 spiro atoms. The van der Waals surface area contributed by atoms with Gasteiger partial charge in [0.2, 0.25) is 5.91 Å². The Morgan fingerprint density at radius 1 is 1.04 bits per heavy atom. The number of amides is 1. The van der Waals surface area contributed by atoms with Gasteiger partial charge in [0.1, 0.15) is 0 Å². The molecule has 2 unspecified atom stereocenters. The highest BCUT2D eigenvalue weighted by Gasteiger charge is 2.46. The van der Waals surface area contributed by atoms with Crippen LogP contribution in [0.3, 0.4) is 0 Å². The fourth-order valence-electron chi connectivity index (χ4n) is 3.22. The van der Waals surface area contributed by atoms with E-state index in [0.717, 1.165) is 19.5 Å². The molecule has 3 rings (SSSR count). The Labute approximate surface area is 142 Å². The van der Waals surface area contributed by atoms with Gasteiger partial charge in [-0.25, -0.2) is 4.79 Å². The molecule has 2 N–H and O–H groups in total. The van der Waals surface area contributed by atoms with Gasteiger partial charge in [0.05, 0.1) is 11.5 Å². The van der Waals surface area contributed by atoms with Gasteiger partial charge in [-0.2, -0.15) is 0 Å². The van der Waals surface area contributed by atoms with Gasteiger partial charge in [0.25, 0.3) is 0 Å². The molecule has 1 aromatic carbocycles. The summed E-state index contributed by atoms with van der Waals surface area (Å²) in [5, 5.41) is 11.8. The maximum Gasteiger partial charge on any atom is 0.335 e. The number of halogens is 1. The number of hydrogen-bond donors (Lipinski definition) is 2. The lowest BCUT2D eigenvalue weighted by molar-refractivity contribution is -0.117. The summed E-state index contributed by atoms with van der Waals surface area (Å²) in [6, 6.07) is 6.71. The first kappa shape index (κ1) is 17.8. The second-order valence-electron chi connectivity index (χ2n) is 6.23. The smallest absolute Gasteiger partial charge is 0.335 e. The summed E-state index contributed by atoms with van der Waals surface area (Å²) in [6.07, 6.45) is 6.02. The Hall–Kier alpha value is -1.59. The Balaban J connectivity index is 0.00000192. The van der Waals surface area contributed by atoms with Gasteiger partial charge in [-0.1, -0.05) is 12.8 Å². The van der Waals surface area contributed by atoms with Crippen LogP contribution in [0.4, 0.5) is 5.69 Å². The quantitative estimate of drug-likeness (QED) is 0.885. The lowest BCUT2D eigenvalue weighted by atomic mass is 10.2. The zero-order valence-electron chi connectivity index (χ0n) is 13.0. The SMILES string of the molecule is Cl.O=C(O)c1ccc(NC(=O)C2CC2N2CCCCCC2)cc1. The number of hydrogen-bond acceptors (Lipinski definition) is 3. The van der Waals surface area contributed by atoms with Crippen molar-refractivity contribution in [2.75, 3.05) is 18.4 Å². The van der Waals surface area contributed by atoms with Crippen LogP contribution in [0.5, 0.6) is 0 Å². The summed E-state index contributed by atoms with van der Waals surface area (Å²) >= 11 is 0. The number of carbonyl (C=O) groups is 2. The normalized spacial score (nSPS) is 24.2. The molecule has 1 saturated carbocycles. The number of likely N-dealkylation sites (tertiary alicyclic amines) is 1. The van der Waals surface area contributed by atoms with Crippen molar-refractivity contribution in [1.82, 2.24) is 4.90 Å². The Kier molecular flexibility index (Phi) is 6.02. The van der Waals surface area contributed by atoms with Crippen LogP contribution in [0.1, 0.15) is 42.5 Å². The molecular weight excluding hydrogens is 316 g/mol. The maximum atomic E-state index is 12.3. The van der Waals surface area contributed by atoms with E-state index in [-0.39, 0.29) is 29.8 Å². The lowest BCUT2D eigenvalue weighted by Crippen LogP contribution is -2.30. The number of aromatic carboxylic acids is 1. The Bertz CT molecular complexity index is 553. The molecule has 0 radical (unpaired) electrons. The number of carbonyl (C=O) groups excluding carboxylic acids is 1. The minimum absolute atomic E-state index is 0. The van der Waals surface area contributed by atoms with Crippen LogP contribution in [0.15, 0.2) is 24.3 Å². The first-order chi connectivity index (χ1) is 10.6. The van der Waals surface area contributed by atoms with E-state index in [1.54, 1.807) is 12.1 Å². The largest absolute Gasteiger partial charge is 0.478 e. The highest BCUT2D eigenvalue weighted by atomic mass is 35.5. The molecule has 1 saturated heterocycles.